The molecule has 1 atom stereocenters. The van der Waals surface area contributed by atoms with Gasteiger partial charge in [0.15, 0.2) is 0 Å². The summed E-state index contributed by atoms with van der Waals surface area (Å²) in [6.07, 6.45) is 7.29. The smallest absolute Gasteiger partial charge is 0.0346 e. The van der Waals surface area contributed by atoms with Crippen molar-refractivity contribution < 1.29 is 0 Å². The first kappa shape index (κ1) is 8.25. The molecule has 3 aliphatic rings. The van der Waals surface area contributed by atoms with Crippen molar-refractivity contribution in [2.75, 3.05) is 26.2 Å². The topological polar surface area (TPSA) is 15.3 Å². The Labute approximate surface area is 80.7 Å². The zero-order valence-corrected chi connectivity index (χ0v) is 8.39. The Morgan fingerprint density at radius 2 is 2.23 bits per heavy atom. The first-order valence-electron chi connectivity index (χ1n) is 5.85. The summed E-state index contributed by atoms with van der Waals surface area (Å²) in [7, 11) is 0. The largest absolute Gasteiger partial charge is 0.315 e. The quantitative estimate of drug-likeness (QED) is 0.687. The Hall–Kier alpha value is -0.0800. The maximum atomic E-state index is 3.56. The molecule has 1 N–H and O–H groups in total. The molecule has 0 bridgehead atoms. The van der Waals surface area contributed by atoms with Crippen LogP contribution >= 0.6 is 0 Å². The van der Waals surface area contributed by atoms with E-state index in [1.807, 2.05) is 0 Å². The molecule has 13 heavy (non-hydrogen) atoms. The maximum Gasteiger partial charge on any atom is 0.0346 e. The van der Waals surface area contributed by atoms with Crippen LogP contribution in [0.25, 0.3) is 0 Å². The summed E-state index contributed by atoms with van der Waals surface area (Å²) in [5.41, 5.74) is 0.612. The van der Waals surface area contributed by atoms with Crippen LogP contribution in [0.2, 0.25) is 0 Å². The van der Waals surface area contributed by atoms with Gasteiger partial charge in [-0.3, -0.25) is 4.90 Å². The molecule has 0 amide bonds. The number of nitrogens with zero attached hydrogens (tertiary/aromatic N) is 1. The van der Waals surface area contributed by atoms with Crippen molar-refractivity contribution in [2.45, 2.75) is 37.6 Å². The van der Waals surface area contributed by atoms with Gasteiger partial charge in [-0.15, -0.1) is 0 Å². The van der Waals surface area contributed by atoms with E-state index in [4.69, 9.17) is 0 Å². The average Bonchev–Trinajstić information content (AvgIpc) is 2.98. The summed E-state index contributed by atoms with van der Waals surface area (Å²) in [6.45, 7) is 5.29. The minimum Gasteiger partial charge on any atom is -0.315 e. The summed E-state index contributed by atoms with van der Waals surface area (Å²) in [5, 5.41) is 3.56. The Kier molecular flexibility index (Phi) is 1.88. The van der Waals surface area contributed by atoms with E-state index in [9.17, 15) is 0 Å². The van der Waals surface area contributed by atoms with Crippen molar-refractivity contribution in [1.82, 2.24) is 10.2 Å². The van der Waals surface area contributed by atoms with Gasteiger partial charge in [0.2, 0.25) is 0 Å². The fourth-order valence-corrected chi connectivity index (χ4v) is 2.92. The molecular weight excluding hydrogens is 160 g/mol. The lowest BCUT2D eigenvalue weighted by atomic mass is 9.78. The highest BCUT2D eigenvalue weighted by molar-refractivity contribution is 5.04. The first-order chi connectivity index (χ1) is 6.39. The lowest BCUT2D eigenvalue weighted by Crippen LogP contribution is -2.66. The van der Waals surface area contributed by atoms with Crippen LogP contribution in [0, 0.1) is 5.92 Å². The van der Waals surface area contributed by atoms with Crippen molar-refractivity contribution >= 4 is 0 Å². The van der Waals surface area contributed by atoms with E-state index in [0.717, 1.165) is 5.92 Å². The molecule has 0 aromatic heterocycles. The third-order valence-electron chi connectivity index (χ3n) is 4.14. The molecule has 2 aliphatic heterocycles. The van der Waals surface area contributed by atoms with Crippen molar-refractivity contribution in [3.05, 3.63) is 0 Å². The molecule has 1 aliphatic carbocycles. The third-order valence-corrected chi connectivity index (χ3v) is 4.14. The normalized spacial score (nSPS) is 40.6. The van der Waals surface area contributed by atoms with Crippen LogP contribution in [-0.4, -0.2) is 36.6 Å². The molecule has 0 aromatic rings. The molecule has 0 radical (unpaired) electrons. The molecule has 2 nitrogen and oxygen atoms in total. The summed E-state index contributed by atoms with van der Waals surface area (Å²) < 4.78 is 0. The molecule has 1 spiro atoms. The van der Waals surface area contributed by atoms with Crippen LogP contribution in [0.15, 0.2) is 0 Å². The molecule has 2 heterocycles. The van der Waals surface area contributed by atoms with E-state index in [1.165, 1.54) is 58.3 Å². The van der Waals surface area contributed by atoms with Gasteiger partial charge in [-0.2, -0.15) is 0 Å². The fraction of sp³-hybridized carbons (Fsp3) is 1.00. The molecule has 1 saturated carbocycles. The van der Waals surface area contributed by atoms with E-state index >= 15 is 0 Å². The first-order valence-corrected chi connectivity index (χ1v) is 5.85. The SMILES string of the molecule is C1CNCC2(C1)CCN2CC1CC1. The molecule has 2 heteroatoms. The van der Waals surface area contributed by atoms with Gasteiger partial charge in [0, 0.05) is 25.2 Å². The summed E-state index contributed by atoms with van der Waals surface area (Å²) in [6, 6.07) is 0. The average molecular weight is 180 g/mol. The lowest BCUT2D eigenvalue weighted by molar-refractivity contribution is -0.0347. The summed E-state index contributed by atoms with van der Waals surface area (Å²) in [5.74, 6) is 1.07. The van der Waals surface area contributed by atoms with Crippen molar-refractivity contribution in [3.8, 4) is 0 Å². The second kappa shape index (κ2) is 2.96. The lowest BCUT2D eigenvalue weighted by Gasteiger charge is -2.55. The minimum atomic E-state index is 0.612. The van der Waals surface area contributed by atoms with Crippen LogP contribution in [-0.2, 0) is 0 Å². The van der Waals surface area contributed by atoms with Gasteiger partial charge >= 0.3 is 0 Å². The predicted molar refractivity (Wildman–Crippen MR) is 53.7 cm³/mol. The summed E-state index contributed by atoms with van der Waals surface area (Å²) in [4.78, 5) is 2.76. The second-order valence-corrected chi connectivity index (χ2v) is 5.14. The Morgan fingerprint density at radius 1 is 1.31 bits per heavy atom. The Morgan fingerprint density at radius 3 is 2.77 bits per heavy atom. The van der Waals surface area contributed by atoms with E-state index < -0.39 is 0 Å². The van der Waals surface area contributed by atoms with Gasteiger partial charge < -0.3 is 5.32 Å². The van der Waals surface area contributed by atoms with Crippen LogP contribution in [0.5, 0.6) is 0 Å². The zero-order valence-electron chi connectivity index (χ0n) is 8.39. The number of rotatable bonds is 2. The number of hydrogen-bond acceptors (Lipinski definition) is 2. The van der Waals surface area contributed by atoms with Crippen LogP contribution in [0.1, 0.15) is 32.1 Å². The van der Waals surface area contributed by atoms with Gasteiger partial charge in [0.05, 0.1) is 0 Å². The van der Waals surface area contributed by atoms with Crippen LogP contribution in [0.3, 0.4) is 0 Å². The number of hydrogen-bond donors (Lipinski definition) is 1. The van der Waals surface area contributed by atoms with Crippen LogP contribution < -0.4 is 5.32 Å². The number of piperidine rings is 1. The highest BCUT2D eigenvalue weighted by Gasteiger charge is 2.46. The van der Waals surface area contributed by atoms with Gasteiger partial charge in [-0.1, -0.05) is 0 Å². The van der Waals surface area contributed by atoms with Crippen LogP contribution in [0.4, 0.5) is 0 Å². The van der Waals surface area contributed by atoms with Gasteiger partial charge in [0.1, 0.15) is 0 Å². The highest BCUT2D eigenvalue weighted by Crippen LogP contribution is 2.40. The van der Waals surface area contributed by atoms with Gasteiger partial charge in [0.25, 0.3) is 0 Å². The zero-order chi connectivity index (χ0) is 8.73. The van der Waals surface area contributed by atoms with E-state index in [0.29, 0.717) is 5.54 Å². The molecule has 2 saturated heterocycles. The van der Waals surface area contributed by atoms with Gasteiger partial charge in [-0.25, -0.2) is 0 Å². The van der Waals surface area contributed by atoms with Crippen molar-refractivity contribution in [1.29, 1.82) is 0 Å². The number of likely N-dealkylation sites (tertiary alicyclic amines) is 1. The second-order valence-electron chi connectivity index (χ2n) is 5.14. The minimum absolute atomic E-state index is 0.612. The highest BCUT2D eigenvalue weighted by atomic mass is 15.3. The Balaban J connectivity index is 1.61. The monoisotopic (exact) mass is 180 g/mol. The molecule has 0 aromatic carbocycles. The standard InChI is InChI=1S/C11H20N2/c1-4-11(9-12-6-1)5-7-13(11)8-10-2-3-10/h10,12H,1-9H2. The van der Waals surface area contributed by atoms with Crippen molar-refractivity contribution in [2.24, 2.45) is 5.92 Å². The van der Waals surface area contributed by atoms with E-state index in [2.05, 4.69) is 10.2 Å². The molecule has 1 unspecified atom stereocenters. The Bertz CT molecular complexity index is 192. The molecular formula is C11H20N2. The molecule has 74 valence electrons. The van der Waals surface area contributed by atoms with E-state index in [1.54, 1.807) is 0 Å². The maximum absolute atomic E-state index is 3.56. The molecule has 3 rings (SSSR count). The predicted octanol–water partition coefficient (Wildman–Crippen LogP) is 1.22. The fourth-order valence-electron chi connectivity index (χ4n) is 2.92. The van der Waals surface area contributed by atoms with Gasteiger partial charge in [-0.05, 0) is 44.6 Å². The summed E-state index contributed by atoms with van der Waals surface area (Å²) >= 11 is 0. The molecule has 3 fully saturated rings. The van der Waals surface area contributed by atoms with E-state index in [-0.39, 0.29) is 0 Å². The van der Waals surface area contributed by atoms with Crippen molar-refractivity contribution in [3.63, 3.8) is 0 Å². The number of nitrogens with one attached hydrogen (secondary N) is 1. The third kappa shape index (κ3) is 1.40.